The second-order valence-corrected chi connectivity index (χ2v) is 6.04. The third-order valence-electron chi connectivity index (χ3n) is 3.34. The first-order valence-electron chi connectivity index (χ1n) is 6.68. The van der Waals surface area contributed by atoms with Gasteiger partial charge in [-0.15, -0.1) is 0 Å². The molecule has 0 saturated carbocycles. The third-order valence-corrected chi connectivity index (χ3v) is 3.87. The summed E-state index contributed by atoms with van der Waals surface area (Å²) in [7, 11) is 0. The lowest BCUT2D eigenvalue weighted by Crippen LogP contribution is -2.48. The van der Waals surface area contributed by atoms with Gasteiger partial charge in [0.25, 0.3) is 0 Å². The number of rotatable bonds is 4. The molecule has 2 aromatic rings. The van der Waals surface area contributed by atoms with Crippen molar-refractivity contribution in [3.05, 3.63) is 40.5 Å². The molecular weight excluding hydrogens is 336 g/mol. The van der Waals surface area contributed by atoms with Crippen LogP contribution in [0.3, 0.4) is 0 Å². The van der Waals surface area contributed by atoms with Crippen LogP contribution < -0.4 is 5.32 Å². The largest absolute Gasteiger partial charge is 0.339 e. The number of amides is 1. The number of aromatic nitrogens is 2. The van der Waals surface area contributed by atoms with Crippen molar-refractivity contribution in [1.82, 2.24) is 15.0 Å². The minimum atomic E-state index is -0.0162. The predicted octanol–water partition coefficient (Wildman–Crippen LogP) is 2.18. The molecule has 6 nitrogen and oxygen atoms in total. The van der Waals surface area contributed by atoms with Crippen LogP contribution in [-0.4, -0.2) is 40.6 Å². The summed E-state index contributed by atoms with van der Waals surface area (Å²) in [6.45, 7) is 3.72. The Hall–Kier alpha value is -1.73. The summed E-state index contributed by atoms with van der Waals surface area (Å²) in [5, 5.41) is 6.65. The summed E-state index contributed by atoms with van der Waals surface area (Å²) in [5.74, 6) is 1.54. The maximum Gasteiger partial charge on any atom is 0.238 e. The van der Waals surface area contributed by atoms with Crippen molar-refractivity contribution in [3.8, 4) is 0 Å². The monoisotopic (exact) mass is 350 g/mol. The molecule has 1 aromatic heterocycles. The number of hydrogen-bond acceptors (Lipinski definition) is 5. The molecule has 1 N–H and O–H groups in total. The van der Waals surface area contributed by atoms with Crippen LogP contribution in [0, 0.1) is 6.92 Å². The zero-order valence-electron chi connectivity index (χ0n) is 11.5. The van der Waals surface area contributed by atoms with Gasteiger partial charge in [-0.1, -0.05) is 21.1 Å². The number of halogens is 1. The maximum atomic E-state index is 11.9. The molecule has 0 bridgehead atoms. The first-order valence-corrected chi connectivity index (χ1v) is 7.47. The number of carbonyl (C=O) groups excluding carboxylic acids is 1. The van der Waals surface area contributed by atoms with Gasteiger partial charge in [-0.25, -0.2) is 0 Å². The second kappa shape index (κ2) is 5.95. The number of nitrogens with zero attached hydrogens (tertiary/aromatic N) is 3. The maximum absolute atomic E-state index is 11.9. The Balaban J connectivity index is 1.46. The third kappa shape index (κ3) is 3.48. The van der Waals surface area contributed by atoms with E-state index in [9.17, 15) is 4.79 Å². The van der Waals surface area contributed by atoms with E-state index in [2.05, 4.69) is 36.3 Å². The summed E-state index contributed by atoms with van der Waals surface area (Å²) in [6, 6.07) is 7.52. The van der Waals surface area contributed by atoms with Gasteiger partial charge in [0, 0.05) is 23.2 Å². The summed E-state index contributed by atoms with van der Waals surface area (Å²) >= 11 is 3.36. The van der Waals surface area contributed by atoms with Gasteiger partial charge < -0.3 is 9.84 Å². The van der Waals surface area contributed by atoms with Gasteiger partial charge >= 0.3 is 0 Å². The fourth-order valence-corrected chi connectivity index (χ4v) is 2.54. The summed E-state index contributed by atoms with van der Waals surface area (Å²) < 4.78 is 6.12. The normalized spacial score (nSPS) is 15.7. The smallest absolute Gasteiger partial charge is 0.238 e. The molecule has 0 aliphatic carbocycles. The van der Waals surface area contributed by atoms with Gasteiger partial charge in [0.1, 0.15) is 0 Å². The van der Waals surface area contributed by atoms with E-state index in [1.54, 1.807) is 6.92 Å². The quantitative estimate of drug-likeness (QED) is 0.914. The van der Waals surface area contributed by atoms with E-state index in [4.69, 9.17) is 4.52 Å². The topological polar surface area (TPSA) is 71.3 Å². The average Bonchev–Trinajstić information content (AvgIpc) is 2.82. The van der Waals surface area contributed by atoms with E-state index in [0.29, 0.717) is 18.3 Å². The highest BCUT2D eigenvalue weighted by atomic mass is 79.9. The van der Waals surface area contributed by atoms with Crippen molar-refractivity contribution in [2.45, 2.75) is 12.8 Å². The Kier molecular flexibility index (Phi) is 4.03. The molecule has 1 saturated heterocycles. The van der Waals surface area contributed by atoms with E-state index < -0.39 is 0 Å². The van der Waals surface area contributed by atoms with E-state index in [1.165, 1.54) is 0 Å². The van der Waals surface area contributed by atoms with Crippen LogP contribution >= 0.6 is 15.9 Å². The van der Waals surface area contributed by atoms with Gasteiger partial charge in [-0.2, -0.15) is 4.98 Å². The fourth-order valence-electron chi connectivity index (χ4n) is 2.27. The zero-order chi connectivity index (χ0) is 14.8. The molecule has 7 heteroatoms. The number of benzene rings is 1. The van der Waals surface area contributed by atoms with Crippen LogP contribution in [-0.2, 0) is 4.79 Å². The molecule has 1 aliphatic rings. The van der Waals surface area contributed by atoms with Gasteiger partial charge in [-0.3, -0.25) is 9.69 Å². The predicted molar refractivity (Wildman–Crippen MR) is 81.0 cm³/mol. The minimum Gasteiger partial charge on any atom is -0.339 e. The SMILES string of the molecule is Cc1noc(C2CN(CC(=O)Nc3ccc(Br)cc3)C2)n1. The summed E-state index contributed by atoms with van der Waals surface area (Å²) in [5.41, 5.74) is 0.799. The number of aryl methyl sites for hydroxylation is 1. The Morgan fingerprint density at radius 1 is 1.43 bits per heavy atom. The number of carbonyl (C=O) groups is 1. The van der Waals surface area contributed by atoms with Gasteiger partial charge in [0.05, 0.1) is 12.5 Å². The highest BCUT2D eigenvalue weighted by Gasteiger charge is 2.33. The lowest BCUT2D eigenvalue weighted by molar-refractivity contribution is -0.118. The van der Waals surface area contributed by atoms with Crippen molar-refractivity contribution >= 4 is 27.5 Å². The van der Waals surface area contributed by atoms with Crippen LogP contribution in [0.25, 0.3) is 0 Å². The molecule has 0 unspecified atom stereocenters. The molecule has 1 aliphatic heterocycles. The van der Waals surface area contributed by atoms with E-state index in [-0.39, 0.29) is 11.8 Å². The van der Waals surface area contributed by atoms with Crippen molar-refractivity contribution in [2.24, 2.45) is 0 Å². The molecule has 3 rings (SSSR count). The molecule has 110 valence electrons. The van der Waals surface area contributed by atoms with Gasteiger partial charge in [-0.05, 0) is 31.2 Å². The lowest BCUT2D eigenvalue weighted by atomic mass is 10.0. The molecule has 2 heterocycles. The van der Waals surface area contributed by atoms with Crippen molar-refractivity contribution in [2.75, 3.05) is 25.0 Å². The number of hydrogen-bond donors (Lipinski definition) is 1. The van der Waals surface area contributed by atoms with Crippen molar-refractivity contribution in [1.29, 1.82) is 0 Å². The molecule has 1 amide bonds. The standard InChI is InChI=1S/C14H15BrN4O2/c1-9-16-14(21-18-9)10-6-19(7-10)8-13(20)17-12-4-2-11(15)3-5-12/h2-5,10H,6-8H2,1H3,(H,17,20). The van der Waals surface area contributed by atoms with E-state index in [0.717, 1.165) is 23.2 Å². The molecule has 0 radical (unpaired) electrons. The van der Waals surface area contributed by atoms with Crippen LogP contribution in [0.2, 0.25) is 0 Å². The second-order valence-electron chi connectivity index (χ2n) is 5.13. The summed E-state index contributed by atoms with van der Waals surface area (Å²) in [4.78, 5) is 18.2. The van der Waals surface area contributed by atoms with Crippen LogP contribution in [0.5, 0.6) is 0 Å². The van der Waals surface area contributed by atoms with Crippen LogP contribution in [0.1, 0.15) is 17.6 Å². The first-order chi connectivity index (χ1) is 10.1. The molecule has 1 aromatic carbocycles. The number of likely N-dealkylation sites (tertiary alicyclic amines) is 1. The van der Waals surface area contributed by atoms with E-state index in [1.807, 2.05) is 24.3 Å². The van der Waals surface area contributed by atoms with Gasteiger partial charge in [0.2, 0.25) is 11.8 Å². The Bertz CT molecular complexity index is 635. The highest BCUT2D eigenvalue weighted by molar-refractivity contribution is 9.10. The molecular formula is C14H15BrN4O2. The fraction of sp³-hybridized carbons (Fsp3) is 0.357. The van der Waals surface area contributed by atoms with Crippen molar-refractivity contribution < 1.29 is 9.32 Å². The molecule has 0 spiro atoms. The number of anilines is 1. The highest BCUT2D eigenvalue weighted by Crippen LogP contribution is 2.25. The summed E-state index contributed by atoms with van der Waals surface area (Å²) in [6.07, 6.45) is 0. The van der Waals surface area contributed by atoms with Crippen molar-refractivity contribution in [3.63, 3.8) is 0 Å². The Morgan fingerprint density at radius 3 is 2.76 bits per heavy atom. The number of nitrogens with one attached hydrogen (secondary N) is 1. The Labute approximate surface area is 130 Å². The Morgan fingerprint density at radius 2 is 2.14 bits per heavy atom. The van der Waals surface area contributed by atoms with Gasteiger partial charge in [0.15, 0.2) is 5.82 Å². The first kappa shape index (κ1) is 14.2. The lowest BCUT2D eigenvalue weighted by Gasteiger charge is -2.36. The van der Waals surface area contributed by atoms with Crippen LogP contribution in [0.4, 0.5) is 5.69 Å². The zero-order valence-corrected chi connectivity index (χ0v) is 13.1. The minimum absolute atomic E-state index is 0.0162. The van der Waals surface area contributed by atoms with Crippen LogP contribution in [0.15, 0.2) is 33.3 Å². The molecule has 21 heavy (non-hydrogen) atoms. The van der Waals surface area contributed by atoms with E-state index >= 15 is 0 Å². The molecule has 1 fully saturated rings. The molecule has 0 atom stereocenters. The average molecular weight is 351 g/mol.